The highest BCUT2D eigenvalue weighted by Gasteiger charge is 2.43. The third-order valence-electron chi connectivity index (χ3n) is 6.99. The molecule has 0 aromatic heterocycles. The van der Waals surface area contributed by atoms with E-state index in [1.165, 1.54) is 33.5 Å². The second-order valence-corrected chi connectivity index (χ2v) is 9.91. The minimum Gasteiger partial charge on any atom is -0.484 e. The lowest BCUT2D eigenvalue weighted by Crippen LogP contribution is -2.36. The highest BCUT2D eigenvalue weighted by molar-refractivity contribution is 5.92. The molecule has 2 heterocycles. The fraction of sp³-hybridized carbons (Fsp3) is 0.357. The first-order valence-corrected chi connectivity index (χ1v) is 11.1. The maximum Gasteiger partial charge on any atom is 0.131 e. The minimum absolute atomic E-state index is 0.0197. The minimum atomic E-state index is -0.0575. The molecule has 2 aromatic rings. The van der Waals surface area contributed by atoms with Gasteiger partial charge in [-0.15, -0.1) is 0 Å². The summed E-state index contributed by atoms with van der Waals surface area (Å²) < 4.78 is 6.87. The molecule has 1 aliphatic carbocycles. The van der Waals surface area contributed by atoms with E-state index in [1.54, 1.807) is 0 Å². The zero-order chi connectivity index (χ0) is 21.1. The number of ether oxygens (including phenoxy) is 1. The second-order valence-electron chi connectivity index (χ2n) is 9.91. The van der Waals surface area contributed by atoms with Crippen LogP contribution in [0.5, 0.6) is 5.75 Å². The zero-order valence-electron chi connectivity index (χ0n) is 18.5. The summed E-state index contributed by atoms with van der Waals surface area (Å²) in [6.45, 7) is 13.2. The van der Waals surface area contributed by atoms with Gasteiger partial charge in [0.05, 0.1) is 5.54 Å². The molecule has 0 fully saturated rings. The first-order chi connectivity index (χ1) is 14.3. The topological polar surface area (TPSA) is 21.3 Å². The highest BCUT2D eigenvalue weighted by Crippen LogP contribution is 2.57. The Morgan fingerprint density at radius 3 is 2.67 bits per heavy atom. The molecule has 2 atom stereocenters. The zero-order valence-corrected chi connectivity index (χ0v) is 18.5. The Bertz CT molecular complexity index is 1100. The number of benzene rings is 2. The number of rotatable bonds is 2. The van der Waals surface area contributed by atoms with Crippen LogP contribution in [-0.4, -0.2) is 5.54 Å². The maximum absolute atomic E-state index is 6.87. The van der Waals surface area contributed by atoms with Gasteiger partial charge in [-0.3, -0.25) is 0 Å². The molecule has 2 aliphatic heterocycles. The van der Waals surface area contributed by atoms with Gasteiger partial charge >= 0.3 is 0 Å². The molecular weight excluding hydrogens is 366 g/mol. The van der Waals surface area contributed by atoms with Crippen molar-refractivity contribution < 1.29 is 4.74 Å². The average Bonchev–Trinajstić information content (AvgIpc) is 2.71. The highest BCUT2D eigenvalue weighted by atomic mass is 16.5. The van der Waals surface area contributed by atoms with Crippen LogP contribution in [0.15, 0.2) is 55.1 Å². The molecule has 0 spiro atoms. The molecule has 1 N–H and O–H groups in total. The summed E-state index contributed by atoms with van der Waals surface area (Å²) in [6.07, 6.45) is 12.2. The van der Waals surface area contributed by atoms with E-state index < -0.39 is 0 Å². The van der Waals surface area contributed by atoms with Crippen LogP contribution in [0, 0.1) is 5.41 Å². The number of allylic oxidation sites excluding steroid dienone is 3. The van der Waals surface area contributed by atoms with Gasteiger partial charge in [0.1, 0.15) is 11.9 Å². The Balaban J connectivity index is 1.82. The number of hydrogen-bond acceptors (Lipinski definition) is 2. The van der Waals surface area contributed by atoms with Crippen molar-refractivity contribution in [3.63, 3.8) is 0 Å². The van der Waals surface area contributed by atoms with Crippen molar-refractivity contribution in [2.45, 2.75) is 58.6 Å². The Labute approximate surface area is 180 Å². The van der Waals surface area contributed by atoms with Gasteiger partial charge in [0.2, 0.25) is 0 Å². The summed E-state index contributed by atoms with van der Waals surface area (Å²) in [5, 5.41) is 3.74. The molecule has 2 heteroatoms. The first kappa shape index (κ1) is 19.2. The van der Waals surface area contributed by atoms with Crippen molar-refractivity contribution >= 4 is 17.3 Å². The standard InChI is InChI=1S/C28H31NO/c1-6-19-11-10-12-22-24(19)20-13-14-21-23(18(2)17-27(3,4)29-21)25(20)26(30-22)28(5)15-8-7-9-16-28/h6-8,10-14,17,26,29H,1,9,15-16H2,2-5H3. The SMILES string of the molecule is C=Cc1cccc2c1-c1ccc3c(c1C(C1(C)CC=CCC1)O2)C(C)=CC(C)(C)N3. The Hall–Kier alpha value is -2.74. The maximum atomic E-state index is 6.87. The molecule has 3 aliphatic rings. The van der Waals surface area contributed by atoms with Crippen LogP contribution in [0.25, 0.3) is 22.8 Å². The van der Waals surface area contributed by atoms with E-state index in [0.717, 1.165) is 30.6 Å². The van der Waals surface area contributed by atoms with Crippen molar-refractivity contribution in [2.75, 3.05) is 5.32 Å². The quantitative estimate of drug-likeness (QED) is 0.522. The van der Waals surface area contributed by atoms with Gasteiger partial charge in [0, 0.05) is 27.8 Å². The average molecular weight is 398 g/mol. The summed E-state index contributed by atoms with van der Waals surface area (Å²) in [6, 6.07) is 10.9. The summed E-state index contributed by atoms with van der Waals surface area (Å²) in [7, 11) is 0. The van der Waals surface area contributed by atoms with Crippen LogP contribution >= 0.6 is 0 Å². The van der Waals surface area contributed by atoms with Crippen molar-refractivity contribution in [1.29, 1.82) is 0 Å². The summed E-state index contributed by atoms with van der Waals surface area (Å²) in [5.41, 5.74) is 8.80. The van der Waals surface area contributed by atoms with Crippen molar-refractivity contribution in [2.24, 2.45) is 5.41 Å². The lowest BCUT2D eigenvalue weighted by Gasteiger charge is -2.45. The lowest BCUT2D eigenvalue weighted by molar-refractivity contribution is 0.0484. The van der Waals surface area contributed by atoms with Crippen LogP contribution in [0.1, 0.15) is 69.8 Å². The van der Waals surface area contributed by atoms with Crippen molar-refractivity contribution in [3.05, 3.63) is 71.8 Å². The Morgan fingerprint density at radius 1 is 1.10 bits per heavy atom. The molecule has 154 valence electrons. The Morgan fingerprint density at radius 2 is 1.93 bits per heavy atom. The molecule has 2 nitrogen and oxygen atoms in total. The van der Waals surface area contributed by atoms with Gasteiger partial charge in [-0.25, -0.2) is 0 Å². The van der Waals surface area contributed by atoms with E-state index in [4.69, 9.17) is 4.74 Å². The molecular formula is C28H31NO. The monoisotopic (exact) mass is 397 g/mol. The van der Waals surface area contributed by atoms with Gasteiger partial charge < -0.3 is 10.1 Å². The van der Waals surface area contributed by atoms with E-state index in [2.05, 4.69) is 88.2 Å². The van der Waals surface area contributed by atoms with Gasteiger partial charge in [0.15, 0.2) is 0 Å². The van der Waals surface area contributed by atoms with Crippen LogP contribution in [0.3, 0.4) is 0 Å². The van der Waals surface area contributed by atoms with Crippen molar-refractivity contribution in [3.8, 4) is 16.9 Å². The fourth-order valence-electron chi connectivity index (χ4n) is 5.64. The third-order valence-corrected chi connectivity index (χ3v) is 6.99. The van der Waals surface area contributed by atoms with E-state index in [1.807, 2.05) is 6.08 Å². The van der Waals surface area contributed by atoms with E-state index in [9.17, 15) is 0 Å². The van der Waals surface area contributed by atoms with Gasteiger partial charge in [-0.1, -0.05) is 56.0 Å². The largest absolute Gasteiger partial charge is 0.484 e. The molecule has 2 unspecified atom stereocenters. The molecule has 0 bridgehead atoms. The third kappa shape index (κ3) is 2.85. The molecule has 0 amide bonds. The van der Waals surface area contributed by atoms with Crippen molar-refractivity contribution in [1.82, 2.24) is 0 Å². The van der Waals surface area contributed by atoms with Gasteiger partial charge in [-0.2, -0.15) is 0 Å². The number of fused-ring (bicyclic) bond motifs is 5. The molecule has 5 rings (SSSR count). The predicted octanol–water partition coefficient (Wildman–Crippen LogP) is 7.78. The molecule has 30 heavy (non-hydrogen) atoms. The molecule has 2 aromatic carbocycles. The number of nitrogens with one attached hydrogen (secondary N) is 1. The molecule has 0 saturated heterocycles. The van der Waals surface area contributed by atoms with Gasteiger partial charge in [-0.05, 0) is 68.9 Å². The van der Waals surface area contributed by atoms with Gasteiger partial charge in [0.25, 0.3) is 0 Å². The predicted molar refractivity (Wildman–Crippen MR) is 128 cm³/mol. The summed E-state index contributed by atoms with van der Waals surface area (Å²) >= 11 is 0. The van der Waals surface area contributed by atoms with E-state index in [0.29, 0.717) is 0 Å². The summed E-state index contributed by atoms with van der Waals surface area (Å²) in [4.78, 5) is 0. The normalized spacial score (nSPS) is 25.7. The lowest BCUT2D eigenvalue weighted by atomic mass is 9.68. The fourth-order valence-corrected chi connectivity index (χ4v) is 5.64. The van der Waals surface area contributed by atoms with Crippen LogP contribution in [0.4, 0.5) is 5.69 Å². The first-order valence-electron chi connectivity index (χ1n) is 11.1. The summed E-state index contributed by atoms with van der Waals surface area (Å²) in [5.74, 6) is 0.978. The van der Waals surface area contributed by atoms with Crippen LogP contribution in [0.2, 0.25) is 0 Å². The second kappa shape index (κ2) is 6.63. The Kier molecular flexibility index (Phi) is 4.25. The number of hydrogen-bond donors (Lipinski definition) is 1. The van der Waals surface area contributed by atoms with E-state index in [-0.39, 0.29) is 17.1 Å². The van der Waals surface area contributed by atoms with Crippen LogP contribution < -0.4 is 10.1 Å². The van der Waals surface area contributed by atoms with Crippen LogP contribution in [-0.2, 0) is 0 Å². The smallest absolute Gasteiger partial charge is 0.131 e. The molecule has 0 saturated carbocycles. The van der Waals surface area contributed by atoms with E-state index >= 15 is 0 Å². The molecule has 0 radical (unpaired) electrons. The number of anilines is 1.